The van der Waals surface area contributed by atoms with Gasteiger partial charge in [-0.25, -0.2) is 15.1 Å². The smallest absolute Gasteiger partial charge is 0.418 e. The first-order chi connectivity index (χ1) is 14.8. The van der Waals surface area contributed by atoms with Crippen LogP contribution in [-0.4, -0.2) is 88.3 Å². The Morgan fingerprint density at radius 1 is 1.25 bits per heavy atom. The number of fused-ring (bicyclic) bond motifs is 2. The van der Waals surface area contributed by atoms with E-state index >= 15 is 0 Å². The fraction of sp³-hybridized carbons (Fsp3) is 0.833. The van der Waals surface area contributed by atoms with Crippen LogP contribution in [0.15, 0.2) is 0 Å². The fourth-order valence-electron chi connectivity index (χ4n) is 4.86. The van der Waals surface area contributed by atoms with Gasteiger partial charge >= 0.3 is 22.5 Å². The summed E-state index contributed by atoms with van der Waals surface area (Å²) in [7, 11) is -4.88. The molecular formula is C18H30N4O9S. The van der Waals surface area contributed by atoms with E-state index < -0.39 is 51.5 Å². The summed E-state index contributed by atoms with van der Waals surface area (Å²) < 4.78 is 35.2. The molecule has 3 atom stereocenters. The second kappa shape index (κ2) is 8.65. The second-order valence-electron chi connectivity index (χ2n) is 9.44. The topological polar surface area (TPSA) is 166 Å². The lowest BCUT2D eigenvalue weighted by Gasteiger charge is -2.53. The van der Waals surface area contributed by atoms with Gasteiger partial charge in [-0.15, -0.1) is 4.28 Å². The number of carbonyl (C=O) groups excluding carboxylic acids is 2. The molecule has 3 aliphatic rings. The second-order valence-corrected chi connectivity index (χ2v) is 10.4. The summed E-state index contributed by atoms with van der Waals surface area (Å²) in [6.45, 7) is 6.15. The van der Waals surface area contributed by atoms with Gasteiger partial charge in [0.05, 0.1) is 18.2 Å². The van der Waals surface area contributed by atoms with Crippen LogP contribution in [0.2, 0.25) is 0 Å². The van der Waals surface area contributed by atoms with Gasteiger partial charge in [0.2, 0.25) is 0 Å². The Bertz CT molecular complexity index is 874. The molecule has 3 saturated heterocycles. The number of rotatable bonds is 6. The molecule has 0 aromatic carbocycles. The summed E-state index contributed by atoms with van der Waals surface area (Å²) in [5.41, 5.74) is 1.04. The van der Waals surface area contributed by atoms with Crippen molar-refractivity contribution >= 4 is 28.4 Å². The highest BCUT2D eigenvalue weighted by molar-refractivity contribution is 7.80. The van der Waals surface area contributed by atoms with Crippen LogP contribution in [0.1, 0.15) is 52.9 Å². The Labute approximate surface area is 186 Å². The third-order valence-corrected chi connectivity index (χ3v) is 7.00. The van der Waals surface area contributed by atoms with E-state index in [1.165, 1.54) is 4.90 Å². The number of hydrogen-bond acceptors (Lipinski definition) is 7. The molecule has 0 aromatic heterocycles. The van der Waals surface area contributed by atoms with Gasteiger partial charge < -0.3 is 10.0 Å². The summed E-state index contributed by atoms with van der Waals surface area (Å²) in [5, 5.41) is 10.3. The number of nitrogens with one attached hydrogen (secondary N) is 1. The molecule has 2 bridgehead atoms. The maximum absolute atomic E-state index is 12.7. The number of nitrogens with zero attached hydrogens (tertiary/aromatic N) is 3. The molecule has 0 saturated carbocycles. The van der Waals surface area contributed by atoms with Crippen molar-refractivity contribution in [3.05, 3.63) is 0 Å². The molecule has 0 spiro atoms. The normalized spacial score (nSPS) is 28.8. The number of hydroxylamine groups is 3. The Balaban J connectivity index is 1.65. The van der Waals surface area contributed by atoms with Gasteiger partial charge in [0.15, 0.2) is 0 Å². The van der Waals surface area contributed by atoms with Gasteiger partial charge in [-0.1, -0.05) is 20.8 Å². The highest BCUT2D eigenvalue weighted by Crippen LogP contribution is 2.43. The Hall–Kier alpha value is -2.16. The molecule has 3 rings (SSSR count). The Kier molecular flexibility index (Phi) is 6.62. The van der Waals surface area contributed by atoms with Gasteiger partial charge in [0, 0.05) is 13.1 Å². The molecule has 3 fully saturated rings. The zero-order chi connectivity index (χ0) is 23.9. The first-order valence-corrected chi connectivity index (χ1v) is 11.8. The number of urea groups is 1. The third kappa shape index (κ3) is 4.63. The number of carbonyl (C=O) groups is 3. The van der Waals surface area contributed by atoms with Crippen molar-refractivity contribution in [2.45, 2.75) is 70.5 Å². The summed E-state index contributed by atoms with van der Waals surface area (Å²) in [4.78, 5) is 45.1. The molecule has 13 nitrogen and oxygen atoms in total. The van der Waals surface area contributed by atoms with Crippen LogP contribution in [0.25, 0.3) is 0 Å². The lowest BCUT2D eigenvalue weighted by molar-refractivity contribution is -0.148. The summed E-state index contributed by atoms with van der Waals surface area (Å²) in [6, 6.07) is -2.37. The van der Waals surface area contributed by atoms with Crippen LogP contribution >= 0.6 is 0 Å². The van der Waals surface area contributed by atoms with Gasteiger partial charge in [-0.3, -0.25) is 19.1 Å². The minimum atomic E-state index is -4.88. The monoisotopic (exact) mass is 478 g/mol. The number of amides is 4. The van der Waals surface area contributed by atoms with Gasteiger partial charge in [-0.05, 0) is 37.5 Å². The average molecular weight is 479 g/mol. The van der Waals surface area contributed by atoms with Crippen molar-refractivity contribution < 1.29 is 41.6 Å². The predicted octanol–water partition coefficient (Wildman–Crippen LogP) is 0.986. The molecule has 4 amide bonds. The van der Waals surface area contributed by atoms with Crippen molar-refractivity contribution in [2.75, 3.05) is 19.7 Å². The van der Waals surface area contributed by atoms with E-state index in [4.69, 9.17) is 9.39 Å². The summed E-state index contributed by atoms with van der Waals surface area (Å²) in [5.74, 6) is -0.604. The van der Waals surface area contributed by atoms with E-state index in [0.717, 1.165) is 17.7 Å². The minimum absolute atomic E-state index is 0.0597. The van der Waals surface area contributed by atoms with Gasteiger partial charge in [-0.2, -0.15) is 13.5 Å². The molecule has 182 valence electrons. The quantitative estimate of drug-likeness (QED) is 0.372. The molecule has 3 aliphatic heterocycles. The van der Waals surface area contributed by atoms with Crippen molar-refractivity contribution in [2.24, 2.45) is 5.41 Å². The predicted molar refractivity (Wildman–Crippen MR) is 108 cm³/mol. The summed E-state index contributed by atoms with van der Waals surface area (Å²) in [6.07, 6.45) is 1.63. The minimum Gasteiger partial charge on any atom is -0.465 e. The molecule has 0 aliphatic carbocycles. The van der Waals surface area contributed by atoms with Gasteiger partial charge in [0.25, 0.3) is 5.91 Å². The van der Waals surface area contributed by atoms with Crippen molar-refractivity contribution in [1.29, 1.82) is 0 Å². The number of piperidine rings is 2. The highest BCUT2D eigenvalue weighted by Gasteiger charge is 2.52. The van der Waals surface area contributed by atoms with E-state index in [-0.39, 0.29) is 26.0 Å². The zero-order valence-corrected chi connectivity index (χ0v) is 19.1. The SMILES string of the molecule is CC(C)(C)[C@]1(CONC(=O)[C@@H]2CC[C@@H]3CN2C(=O)N3OS(=O)(=O)O)CCCCN1C(=O)O. The maximum Gasteiger partial charge on any atom is 0.418 e. The molecule has 32 heavy (non-hydrogen) atoms. The number of carboxylic acid groups (broad SMARTS) is 1. The fourth-order valence-corrected chi connectivity index (χ4v) is 5.25. The first-order valence-electron chi connectivity index (χ1n) is 10.5. The molecule has 3 heterocycles. The van der Waals surface area contributed by atoms with Crippen LogP contribution in [-0.2, 0) is 24.3 Å². The van der Waals surface area contributed by atoms with E-state index in [2.05, 4.69) is 9.76 Å². The van der Waals surface area contributed by atoms with Crippen molar-refractivity contribution in [1.82, 2.24) is 20.3 Å². The third-order valence-electron chi connectivity index (χ3n) is 6.65. The van der Waals surface area contributed by atoms with E-state index in [1.54, 1.807) is 0 Å². The largest absolute Gasteiger partial charge is 0.465 e. The van der Waals surface area contributed by atoms with E-state index in [1.807, 2.05) is 20.8 Å². The molecular weight excluding hydrogens is 448 g/mol. The highest BCUT2D eigenvalue weighted by atomic mass is 32.3. The Morgan fingerprint density at radius 3 is 2.53 bits per heavy atom. The molecule has 3 N–H and O–H groups in total. The van der Waals surface area contributed by atoms with Gasteiger partial charge in [0.1, 0.15) is 6.04 Å². The van der Waals surface area contributed by atoms with E-state index in [9.17, 15) is 27.9 Å². The number of hydrogen-bond donors (Lipinski definition) is 3. The van der Waals surface area contributed by atoms with Crippen molar-refractivity contribution in [3.8, 4) is 0 Å². The van der Waals surface area contributed by atoms with Crippen LogP contribution in [0.5, 0.6) is 0 Å². The number of likely N-dealkylation sites (tertiary alicyclic amines) is 1. The van der Waals surface area contributed by atoms with Crippen molar-refractivity contribution in [3.63, 3.8) is 0 Å². The van der Waals surface area contributed by atoms with Crippen LogP contribution in [0.4, 0.5) is 9.59 Å². The van der Waals surface area contributed by atoms with Crippen LogP contribution in [0.3, 0.4) is 0 Å². The molecule has 0 radical (unpaired) electrons. The Morgan fingerprint density at radius 2 is 1.94 bits per heavy atom. The lowest BCUT2D eigenvalue weighted by Crippen LogP contribution is -2.64. The molecule has 0 aromatic rings. The maximum atomic E-state index is 12.7. The standard InChI is InChI=1S/C18H30N4O9S/c1-17(2,3)18(8-4-5-9-21(18)16(25)26)11-30-19-14(23)13-7-6-12-10-20(13)15(24)22(12)31-32(27,28)29/h12-13H,4-11H2,1-3H3,(H,19,23)(H,25,26)(H,27,28,29)/t12-,13+,18-/m1/s1. The van der Waals surface area contributed by atoms with E-state index in [0.29, 0.717) is 18.0 Å². The molecule has 0 unspecified atom stereocenters. The lowest BCUT2D eigenvalue weighted by atomic mass is 9.68. The average Bonchev–Trinajstić information content (AvgIpc) is 2.90. The first kappa shape index (κ1) is 24.5. The van der Waals surface area contributed by atoms with Crippen LogP contribution < -0.4 is 5.48 Å². The summed E-state index contributed by atoms with van der Waals surface area (Å²) >= 11 is 0. The van der Waals surface area contributed by atoms with Crippen LogP contribution in [0, 0.1) is 5.41 Å². The zero-order valence-electron chi connectivity index (χ0n) is 18.3. The molecule has 14 heteroatoms.